The molecular formula is C23H19N7. The van der Waals surface area contributed by atoms with Gasteiger partial charge in [0.15, 0.2) is 0 Å². The first kappa shape index (κ1) is 17.8. The van der Waals surface area contributed by atoms with E-state index in [1.54, 1.807) is 18.6 Å². The van der Waals surface area contributed by atoms with E-state index < -0.39 is 0 Å². The van der Waals surface area contributed by atoms with Gasteiger partial charge >= 0.3 is 0 Å². The summed E-state index contributed by atoms with van der Waals surface area (Å²) in [5.41, 5.74) is 8.66. The molecule has 0 aliphatic rings. The standard InChI is InChI=1S/C23H19N7/c1-2-7-17(8-3-1)15-30-16-19(22(29-30)18-9-6-12-24-13-18)14-25-28-23-26-20-10-4-5-11-21(20)27-23/h1-14,16H,15H2,(H2,26,27,28). The Labute approximate surface area is 173 Å². The molecule has 5 aromatic rings. The fraction of sp³-hybridized carbons (Fsp3) is 0.0435. The maximum absolute atomic E-state index is 4.77. The second kappa shape index (κ2) is 8.00. The van der Waals surface area contributed by atoms with Crippen molar-refractivity contribution < 1.29 is 0 Å². The zero-order valence-corrected chi connectivity index (χ0v) is 16.1. The normalized spacial score (nSPS) is 11.3. The number of benzene rings is 2. The quantitative estimate of drug-likeness (QED) is 0.332. The Balaban J connectivity index is 1.42. The number of pyridine rings is 1. The van der Waals surface area contributed by atoms with Gasteiger partial charge in [0.05, 0.1) is 23.8 Å². The molecule has 0 spiro atoms. The van der Waals surface area contributed by atoms with Gasteiger partial charge in [0.1, 0.15) is 5.69 Å². The van der Waals surface area contributed by atoms with Crippen LogP contribution < -0.4 is 5.43 Å². The van der Waals surface area contributed by atoms with E-state index >= 15 is 0 Å². The van der Waals surface area contributed by atoms with Crippen molar-refractivity contribution in [3.8, 4) is 11.3 Å². The average molecular weight is 393 g/mol. The van der Waals surface area contributed by atoms with Crippen molar-refractivity contribution in [3.05, 3.63) is 96.4 Å². The summed E-state index contributed by atoms with van der Waals surface area (Å²) in [7, 11) is 0. The maximum atomic E-state index is 4.77. The monoisotopic (exact) mass is 393 g/mol. The van der Waals surface area contributed by atoms with Gasteiger partial charge in [-0.2, -0.15) is 10.2 Å². The van der Waals surface area contributed by atoms with Crippen LogP contribution in [-0.4, -0.2) is 30.9 Å². The van der Waals surface area contributed by atoms with E-state index in [2.05, 4.69) is 37.6 Å². The Hall–Kier alpha value is -4.26. The highest BCUT2D eigenvalue weighted by Gasteiger charge is 2.10. The van der Waals surface area contributed by atoms with Crippen LogP contribution in [0.25, 0.3) is 22.3 Å². The minimum Gasteiger partial charge on any atom is -0.323 e. The SMILES string of the molecule is C(=NNc1nc2ccccc2[nH]1)c1cn(Cc2ccccc2)nc1-c1cccnc1. The number of nitrogens with one attached hydrogen (secondary N) is 2. The maximum Gasteiger partial charge on any atom is 0.222 e. The summed E-state index contributed by atoms with van der Waals surface area (Å²) >= 11 is 0. The molecule has 7 heteroatoms. The Morgan fingerprint density at radius 2 is 1.87 bits per heavy atom. The van der Waals surface area contributed by atoms with Crippen LogP contribution in [0.3, 0.4) is 0 Å². The highest BCUT2D eigenvalue weighted by Crippen LogP contribution is 2.20. The highest BCUT2D eigenvalue weighted by molar-refractivity contribution is 5.88. The van der Waals surface area contributed by atoms with E-state index in [-0.39, 0.29) is 0 Å². The molecule has 0 radical (unpaired) electrons. The molecule has 2 N–H and O–H groups in total. The number of H-pyrrole nitrogens is 1. The lowest BCUT2D eigenvalue weighted by molar-refractivity contribution is 0.689. The van der Waals surface area contributed by atoms with Gasteiger partial charge in [-0.15, -0.1) is 0 Å². The van der Waals surface area contributed by atoms with Crippen molar-refractivity contribution >= 4 is 23.2 Å². The van der Waals surface area contributed by atoms with Crippen LogP contribution in [0.15, 0.2) is 90.4 Å². The lowest BCUT2D eigenvalue weighted by Gasteiger charge is -2.01. The number of anilines is 1. The molecule has 0 amide bonds. The summed E-state index contributed by atoms with van der Waals surface area (Å²) in [6.07, 6.45) is 7.30. The molecule has 0 saturated carbocycles. The third-order valence-corrected chi connectivity index (χ3v) is 4.68. The second-order valence-corrected chi connectivity index (χ2v) is 6.83. The summed E-state index contributed by atoms with van der Waals surface area (Å²) in [6.45, 7) is 0.680. The predicted molar refractivity (Wildman–Crippen MR) is 118 cm³/mol. The number of aromatic nitrogens is 5. The molecule has 0 saturated heterocycles. The van der Waals surface area contributed by atoms with Crippen LogP contribution >= 0.6 is 0 Å². The van der Waals surface area contributed by atoms with Gasteiger partial charge in [-0.25, -0.2) is 10.4 Å². The minimum absolute atomic E-state index is 0.590. The number of nitrogens with zero attached hydrogens (tertiary/aromatic N) is 5. The number of hydrogen-bond acceptors (Lipinski definition) is 5. The third kappa shape index (κ3) is 3.81. The zero-order chi connectivity index (χ0) is 20.2. The number of hydrogen-bond donors (Lipinski definition) is 2. The number of para-hydroxylation sites is 2. The van der Waals surface area contributed by atoms with Crippen LogP contribution in [0.2, 0.25) is 0 Å². The molecule has 0 bridgehead atoms. The van der Waals surface area contributed by atoms with Crippen LogP contribution in [-0.2, 0) is 6.54 Å². The third-order valence-electron chi connectivity index (χ3n) is 4.68. The fourth-order valence-corrected chi connectivity index (χ4v) is 3.28. The van der Waals surface area contributed by atoms with Crippen LogP contribution in [0.4, 0.5) is 5.95 Å². The largest absolute Gasteiger partial charge is 0.323 e. The van der Waals surface area contributed by atoms with Crippen molar-refractivity contribution in [1.29, 1.82) is 0 Å². The van der Waals surface area contributed by atoms with Crippen LogP contribution in [0.5, 0.6) is 0 Å². The van der Waals surface area contributed by atoms with E-state index in [1.165, 1.54) is 5.56 Å². The molecule has 0 aliphatic heterocycles. The molecule has 0 unspecified atom stereocenters. The molecule has 7 nitrogen and oxygen atoms in total. The van der Waals surface area contributed by atoms with E-state index in [0.29, 0.717) is 12.5 Å². The van der Waals surface area contributed by atoms with Crippen LogP contribution in [0.1, 0.15) is 11.1 Å². The van der Waals surface area contributed by atoms with Crippen molar-refractivity contribution in [2.24, 2.45) is 5.10 Å². The summed E-state index contributed by atoms with van der Waals surface area (Å²) in [4.78, 5) is 11.9. The minimum atomic E-state index is 0.590. The Morgan fingerprint density at radius 3 is 2.70 bits per heavy atom. The molecule has 30 heavy (non-hydrogen) atoms. The first-order valence-electron chi connectivity index (χ1n) is 9.61. The van der Waals surface area contributed by atoms with Crippen molar-refractivity contribution in [2.45, 2.75) is 6.54 Å². The number of imidazole rings is 1. The van der Waals surface area contributed by atoms with Gasteiger partial charge in [-0.05, 0) is 29.8 Å². The first-order chi connectivity index (χ1) is 14.8. The van der Waals surface area contributed by atoms with E-state index in [1.807, 2.05) is 65.5 Å². The number of aromatic amines is 1. The predicted octanol–water partition coefficient (Wildman–Crippen LogP) is 4.32. The summed E-state index contributed by atoms with van der Waals surface area (Å²) in [6, 6.07) is 22.0. The molecule has 0 atom stereocenters. The van der Waals surface area contributed by atoms with Crippen molar-refractivity contribution in [1.82, 2.24) is 24.7 Å². The molecule has 2 aromatic carbocycles. The van der Waals surface area contributed by atoms with Gasteiger partial charge in [0.25, 0.3) is 0 Å². The average Bonchev–Trinajstić information content (AvgIpc) is 3.39. The Kier molecular flexibility index (Phi) is 4.75. The molecule has 3 heterocycles. The Morgan fingerprint density at radius 1 is 1.00 bits per heavy atom. The molecular weight excluding hydrogens is 374 g/mol. The Bertz CT molecular complexity index is 1250. The van der Waals surface area contributed by atoms with Crippen molar-refractivity contribution in [3.63, 3.8) is 0 Å². The number of rotatable bonds is 6. The van der Waals surface area contributed by atoms with E-state index in [0.717, 1.165) is 27.9 Å². The number of hydrazone groups is 1. The molecule has 5 rings (SSSR count). The topological polar surface area (TPSA) is 83.8 Å². The smallest absolute Gasteiger partial charge is 0.222 e. The van der Waals surface area contributed by atoms with Gasteiger partial charge in [-0.3, -0.25) is 9.67 Å². The lowest BCUT2D eigenvalue weighted by atomic mass is 10.1. The van der Waals surface area contributed by atoms with Gasteiger partial charge < -0.3 is 4.98 Å². The van der Waals surface area contributed by atoms with Crippen molar-refractivity contribution in [2.75, 3.05) is 5.43 Å². The highest BCUT2D eigenvalue weighted by atomic mass is 15.4. The van der Waals surface area contributed by atoms with Gasteiger partial charge in [0, 0.05) is 29.7 Å². The summed E-state index contributed by atoms with van der Waals surface area (Å²) in [5.74, 6) is 0.590. The van der Waals surface area contributed by atoms with E-state index in [9.17, 15) is 0 Å². The van der Waals surface area contributed by atoms with Crippen LogP contribution in [0, 0.1) is 0 Å². The summed E-state index contributed by atoms with van der Waals surface area (Å²) in [5, 5.41) is 9.14. The first-order valence-corrected chi connectivity index (χ1v) is 9.61. The number of fused-ring (bicyclic) bond motifs is 1. The summed E-state index contributed by atoms with van der Waals surface area (Å²) < 4.78 is 1.92. The van der Waals surface area contributed by atoms with E-state index in [4.69, 9.17) is 5.10 Å². The van der Waals surface area contributed by atoms with Gasteiger partial charge in [-0.1, -0.05) is 42.5 Å². The lowest BCUT2D eigenvalue weighted by Crippen LogP contribution is -2.00. The molecule has 146 valence electrons. The molecule has 0 aliphatic carbocycles. The fourth-order valence-electron chi connectivity index (χ4n) is 3.28. The zero-order valence-electron chi connectivity index (χ0n) is 16.1. The van der Waals surface area contributed by atoms with Gasteiger partial charge in [0.2, 0.25) is 5.95 Å². The molecule has 3 aromatic heterocycles. The second-order valence-electron chi connectivity index (χ2n) is 6.83. The molecule has 0 fully saturated rings.